The predicted molar refractivity (Wildman–Crippen MR) is 63.0 cm³/mol. The van der Waals surface area contributed by atoms with Crippen LogP contribution in [0.1, 0.15) is 31.9 Å². The first-order chi connectivity index (χ1) is 7.20. The lowest BCUT2D eigenvalue weighted by Gasteiger charge is -2.22. The summed E-state index contributed by atoms with van der Waals surface area (Å²) in [5.74, 6) is 0. The number of benzene rings is 1. The summed E-state index contributed by atoms with van der Waals surface area (Å²) in [5.41, 5.74) is 1.83. The van der Waals surface area contributed by atoms with Crippen molar-refractivity contribution in [1.82, 2.24) is 0 Å². The molecule has 0 amide bonds. The molecule has 1 aromatic rings. The normalized spacial score (nSPS) is 12.8. The highest BCUT2D eigenvalue weighted by molar-refractivity contribution is 7.84. The monoisotopic (exact) mass is 243 g/mol. The maximum atomic E-state index is 10.7. The lowest BCUT2D eigenvalue weighted by atomic mass is 9.84. The highest BCUT2D eigenvalue weighted by Crippen LogP contribution is 2.26. The van der Waals surface area contributed by atoms with Crippen molar-refractivity contribution in [1.29, 1.82) is 0 Å². The van der Waals surface area contributed by atoms with E-state index in [-0.39, 0.29) is 12.0 Å². The van der Waals surface area contributed by atoms with Gasteiger partial charge in [0.05, 0.1) is 6.61 Å². The van der Waals surface area contributed by atoms with Crippen LogP contribution >= 0.6 is 0 Å². The van der Waals surface area contributed by atoms with Crippen LogP contribution in [0.4, 0.5) is 0 Å². The molecule has 0 unspecified atom stereocenters. The van der Waals surface area contributed by atoms with Crippen molar-refractivity contribution in [2.24, 2.45) is 5.14 Å². The van der Waals surface area contributed by atoms with Crippen molar-refractivity contribution in [3.05, 3.63) is 35.4 Å². The van der Waals surface area contributed by atoms with E-state index in [0.29, 0.717) is 0 Å². The smallest absolute Gasteiger partial charge is 0.253 e. The van der Waals surface area contributed by atoms with Crippen molar-refractivity contribution < 1.29 is 12.6 Å². The summed E-state index contributed by atoms with van der Waals surface area (Å²) in [6.07, 6.45) is 0. The molecule has 1 rings (SSSR count). The molecule has 0 saturated heterocycles. The fourth-order valence-electron chi connectivity index (χ4n) is 1.52. The minimum Gasteiger partial charge on any atom is -0.253 e. The Labute approximate surface area is 96.7 Å². The van der Waals surface area contributed by atoms with E-state index in [1.165, 1.54) is 0 Å². The molecule has 0 aliphatic rings. The molecular formula is C11H17NO3S. The fourth-order valence-corrected chi connectivity index (χ4v) is 1.81. The Morgan fingerprint density at radius 2 is 1.81 bits per heavy atom. The van der Waals surface area contributed by atoms with Gasteiger partial charge in [0, 0.05) is 0 Å². The average molecular weight is 243 g/mol. The zero-order chi connectivity index (χ0) is 12.4. The van der Waals surface area contributed by atoms with Crippen molar-refractivity contribution in [2.75, 3.05) is 0 Å². The molecule has 0 fully saturated rings. The molecule has 0 aliphatic heterocycles. The van der Waals surface area contributed by atoms with Gasteiger partial charge in [0.25, 0.3) is 0 Å². The minimum absolute atomic E-state index is 0.0216. The second-order valence-electron chi connectivity index (χ2n) is 4.66. The summed E-state index contributed by atoms with van der Waals surface area (Å²) >= 11 is 0. The van der Waals surface area contributed by atoms with Gasteiger partial charge < -0.3 is 0 Å². The third-order valence-electron chi connectivity index (χ3n) is 2.20. The summed E-state index contributed by atoms with van der Waals surface area (Å²) in [6, 6.07) is 7.56. The van der Waals surface area contributed by atoms with E-state index in [1.54, 1.807) is 0 Å². The van der Waals surface area contributed by atoms with Crippen LogP contribution in [0.3, 0.4) is 0 Å². The number of nitrogens with two attached hydrogens (primary N) is 1. The number of rotatable bonds is 3. The Morgan fingerprint density at radius 1 is 1.25 bits per heavy atom. The molecule has 0 radical (unpaired) electrons. The van der Waals surface area contributed by atoms with Crippen LogP contribution in [0.5, 0.6) is 0 Å². The van der Waals surface area contributed by atoms with Gasteiger partial charge >= 0.3 is 10.3 Å². The van der Waals surface area contributed by atoms with E-state index in [9.17, 15) is 8.42 Å². The van der Waals surface area contributed by atoms with E-state index >= 15 is 0 Å². The first kappa shape index (κ1) is 13.2. The molecule has 0 bridgehead atoms. The lowest BCUT2D eigenvalue weighted by molar-refractivity contribution is 0.305. The number of hydrogen-bond acceptors (Lipinski definition) is 3. The lowest BCUT2D eigenvalue weighted by Crippen LogP contribution is -2.18. The summed E-state index contributed by atoms with van der Waals surface area (Å²) in [4.78, 5) is 0. The number of hydrogen-bond donors (Lipinski definition) is 1. The van der Waals surface area contributed by atoms with Gasteiger partial charge in [-0.2, -0.15) is 8.42 Å². The molecule has 0 saturated carbocycles. The second-order valence-corrected chi connectivity index (χ2v) is 5.88. The highest BCUT2D eigenvalue weighted by Gasteiger charge is 2.18. The zero-order valence-electron chi connectivity index (χ0n) is 9.73. The van der Waals surface area contributed by atoms with Gasteiger partial charge in [0.2, 0.25) is 0 Å². The van der Waals surface area contributed by atoms with Gasteiger partial charge in [-0.3, -0.25) is 4.18 Å². The molecular weight excluding hydrogens is 226 g/mol. The fraction of sp³-hybridized carbons (Fsp3) is 0.455. The molecule has 1 aromatic carbocycles. The van der Waals surface area contributed by atoms with Gasteiger partial charge in [-0.25, -0.2) is 5.14 Å². The molecule has 0 aliphatic carbocycles. The van der Waals surface area contributed by atoms with E-state index in [1.807, 2.05) is 24.3 Å². The Bertz CT molecular complexity index is 460. The summed E-state index contributed by atoms with van der Waals surface area (Å²) in [5, 5.41) is 4.79. The molecule has 16 heavy (non-hydrogen) atoms. The van der Waals surface area contributed by atoms with Crippen LogP contribution in [-0.4, -0.2) is 8.42 Å². The van der Waals surface area contributed by atoms with Crippen molar-refractivity contribution in [2.45, 2.75) is 32.8 Å². The van der Waals surface area contributed by atoms with Gasteiger partial charge in [-0.15, -0.1) is 0 Å². The van der Waals surface area contributed by atoms with Crippen LogP contribution in [0.25, 0.3) is 0 Å². The van der Waals surface area contributed by atoms with Crippen molar-refractivity contribution in [3.8, 4) is 0 Å². The summed E-state index contributed by atoms with van der Waals surface area (Å²) in [6.45, 7) is 6.15. The maximum absolute atomic E-state index is 10.7. The Balaban J connectivity index is 2.97. The molecule has 90 valence electrons. The van der Waals surface area contributed by atoms with Crippen LogP contribution in [-0.2, 0) is 26.5 Å². The molecule has 0 spiro atoms. The quantitative estimate of drug-likeness (QED) is 0.878. The van der Waals surface area contributed by atoms with Gasteiger partial charge in [0.15, 0.2) is 0 Å². The first-order valence-electron chi connectivity index (χ1n) is 4.96. The van der Waals surface area contributed by atoms with E-state index in [0.717, 1.165) is 11.1 Å². The first-order valence-corrected chi connectivity index (χ1v) is 6.43. The molecule has 0 aromatic heterocycles. The van der Waals surface area contributed by atoms with Crippen LogP contribution in [0.15, 0.2) is 24.3 Å². The Morgan fingerprint density at radius 3 is 2.31 bits per heavy atom. The molecule has 4 nitrogen and oxygen atoms in total. The van der Waals surface area contributed by atoms with Crippen LogP contribution in [0.2, 0.25) is 0 Å². The molecule has 0 atom stereocenters. The summed E-state index contributed by atoms with van der Waals surface area (Å²) < 4.78 is 26.0. The third kappa shape index (κ3) is 3.92. The van der Waals surface area contributed by atoms with E-state index in [2.05, 4.69) is 25.0 Å². The van der Waals surface area contributed by atoms with Gasteiger partial charge in [-0.1, -0.05) is 45.0 Å². The topological polar surface area (TPSA) is 69.4 Å². The predicted octanol–water partition coefficient (Wildman–Crippen LogP) is 1.70. The standard InChI is InChI=1S/C11H17NO3S/c1-11(2,3)10-7-5-4-6-9(10)8-15-16(12,13)14/h4-7H,8H2,1-3H3,(H2,12,13,14). The third-order valence-corrected chi connectivity index (χ3v) is 2.65. The molecule has 5 heteroatoms. The summed E-state index contributed by atoms with van der Waals surface area (Å²) in [7, 11) is -3.88. The van der Waals surface area contributed by atoms with Crippen molar-refractivity contribution in [3.63, 3.8) is 0 Å². The second kappa shape index (κ2) is 4.53. The zero-order valence-corrected chi connectivity index (χ0v) is 10.5. The van der Waals surface area contributed by atoms with Crippen molar-refractivity contribution >= 4 is 10.3 Å². The average Bonchev–Trinajstić information content (AvgIpc) is 2.12. The largest absolute Gasteiger partial charge is 0.333 e. The van der Waals surface area contributed by atoms with Crippen LogP contribution < -0.4 is 5.14 Å². The van der Waals surface area contributed by atoms with Gasteiger partial charge in [-0.05, 0) is 16.5 Å². The minimum atomic E-state index is -3.88. The van der Waals surface area contributed by atoms with E-state index < -0.39 is 10.3 Å². The van der Waals surface area contributed by atoms with Crippen LogP contribution in [0, 0.1) is 0 Å². The van der Waals surface area contributed by atoms with Gasteiger partial charge in [0.1, 0.15) is 0 Å². The molecule has 2 N–H and O–H groups in total. The SMILES string of the molecule is CC(C)(C)c1ccccc1COS(N)(=O)=O. The Kier molecular flexibility index (Phi) is 3.72. The van der Waals surface area contributed by atoms with E-state index in [4.69, 9.17) is 5.14 Å². The maximum Gasteiger partial charge on any atom is 0.333 e. The Hall–Kier alpha value is -0.910. The molecule has 0 heterocycles. The highest BCUT2D eigenvalue weighted by atomic mass is 32.2.